The normalized spacial score (nSPS) is 11.5. The maximum Gasteiger partial charge on any atom is 0.191 e. The Kier molecular flexibility index (Phi) is 8.28. The van der Waals surface area contributed by atoms with Gasteiger partial charge < -0.3 is 19.9 Å². The Balaban J connectivity index is 1.90. The van der Waals surface area contributed by atoms with Crippen molar-refractivity contribution in [2.75, 3.05) is 19.7 Å². The average Bonchev–Trinajstić information content (AvgIpc) is 3.06. The molecule has 1 aromatic carbocycles. The first-order valence-corrected chi connectivity index (χ1v) is 9.43. The number of ether oxygens (including phenoxy) is 1. The molecule has 0 aliphatic carbocycles. The van der Waals surface area contributed by atoms with Crippen LogP contribution in [-0.4, -0.2) is 30.8 Å². The number of nitrogens with one attached hydrogen (secondary N) is 2. The van der Waals surface area contributed by atoms with Gasteiger partial charge in [0.05, 0.1) is 23.8 Å². The molecule has 0 fully saturated rings. The zero-order valence-corrected chi connectivity index (χ0v) is 16.4. The Bertz CT molecular complexity index is 694. The van der Waals surface area contributed by atoms with Crippen LogP contribution in [0.1, 0.15) is 37.8 Å². The Morgan fingerprint density at radius 3 is 2.69 bits per heavy atom. The zero-order valence-electron chi connectivity index (χ0n) is 15.6. The molecule has 1 aromatic heterocycles. The van der Waals surface area contributed by atoms with Crippen LogP contribution in [0.2, 0.25) is 5.02 Å². The van der Waals surface area contributed by atoms with E-state index in [1.54, 1.807) is 0 Å². The van der Waals surface area contributed by atoms with Crippen LogP contribution in [0.25, 0.3) is 0 Å². The molecule has 0 bridgehead atoms. The molecule has 0 atom stereocenters. The second kappa shape index (κ2) is 10.7. The monoisotopic (exact) mass is 378 g/mol. The predicted octanol–water partition coefficient (Wildman–Crippen LogP) is 3.59. The molecule has 2 rings (SSSR count). The van der Waals surface area contributed by atoms with E-state index < -0.39 is 0 Å². The van der Waals surface area contributed by atoms with Crippen molar-refractivity contribution >= 4 is 17.6 Å². The van der Waals surface area contributed by atoms with E-state index in [-0.39, 0.29) is 0 Å². The summed E-state index contributed by atoms with van der Waals surface area (Å²) in [7, 11) is 0. The topological polar surface area (TPSA) is 71.7 Å². The summed E-state index contributed by atoms with van der Waals surface area (Å²) in [6.07, 6.45) is 1.65. The van der Waals surface area contributed by atoms with Gasteiger partial charge in [-0.05, 0) is 25.5 Å². The minimum absolute atomic E-state index is 0.488. The molecule has 6 nitrogen and oxygen atoms in total. The molecule has 0 unspecified atom stereocenters. The summed E-state index contributed by atoms with van der Waals surface area (Å²) in [4.78, 5) is 4.65. The third-order valence-electron chi connectivity index (χ3n) is 3.84. The van der Waals surface area contributed by atoms with Crippen LogP contribution in [0.4, 0.5) is 0 Å². The summed E-state index contributed by atoms with van der Waals surface area (Å²) in [5, 5.41) is 11.2. The minimum Gasteiger partial charge on any atom is -0.490 e. The molecule has 2 N–H and O–H groups in total. The number of rotatable bonds is 9. The van der Waals surface area contributed by atoms with Crippen LogP contribution in [-0.2, 0) is 19.4 Å². The van der Waals surface area contributed by atoms with Gasteiger partial charge in [0.1, 0.15) is 18.1 Å². The summed E-state index contributed by atoms with van der Waals surface area (Å²) < 4.78 is 11.1. The van der Waals surface area contributed by atoms with Crippen molar-refractivity contribution < 1.29 is 9.26 Å². The number of benzene rings is 1. The van der Waals surface area contributed by atoms with Crippen molar-refractivity contribution in [3.63, 3.8) is 0 Å². The van der Waals surface area contributed by atoms with Crippen LogP contribution in [0, 0.1) is 0 Å². The summed E-state index contributed by atoms with van der Waals surface area (Å²) in [6, 6.07) is 7.44. The highest BCUT2D eigenvalue weighted by atomic mass is 35.5. The molecule has 1 heterocycles. The fourth-order valence-electron chi connectivity index (χ4n) is 2.51. The van der Waals surface area contributed by atoms with Crippen molar-refractivity contribution in [3.8, 4) is 5.75 Å². The quantitative estimate of drug-likeness (QED) is 0.396. The second-order valence-electron chi connectivity index (χ2n) is 5.64. The first kappa shape index (κ1) is 20.1. The molecule has 0 saturated carbocycles. The lowest BCUT2D eigenvalue weighted by atomic mass is 10.1. The Labute approximate surface area is 160 Å². The predicted molar refractivity (Wildman–Crippen MR) is 105 cm³/mol. The van der Waals surface area contributed by atoms with Gasteiger partial charge >= 0.3 is 0 Å². The number of aryl methyl sites for hydroxylation is 2. The van der Waals surface area contributed by atoms with Crippen LogP contribution in [0.15, 0.2) is 33.8 Å². The number of hydrogen-bond acceptors (Lipinski definition) is 4. The highest BCUT2D eigenvalue weighted by Gasteiger charge is 2.13. The second-order valence-corrected chi connectivity index (χ2v) is 6.05. The van der Waals surface area contributed by atoms with E-state index in [2.05, 4.69) is 34.6 Å². The number of nitrogens with zero attached hydrogens (tertiary/aromatic N) is 2. The smallest absolute Gasteiger partial charge is 0.191 e. The highest BCUT2D eigenvalue weighted by Crippen LogP contribution is 2.22. The summed E-state index contributed by atoms with van der Waals surface area (Å²) in [5.74, 6) is 2.33. The third kappa shape index (κ3) is 5.66. The molecular weight excluding hydrogens is 352 g/mol. The molecule has 26 heavy (non-hydrogen) atoms. The number of hydrogen-bond donors (Lipinski definition) is 2. The molecule has 0 aliphatic heterocycles. The number of para-hydroxylation sites is 1. The van der Waals surface area contributed by atoms with Crippen molar-refractivity contribution in [1.82, 2.24) is 15.8 Å². The largest absolute Gasteiger partial charge is 0.490 e. The standard InChI is InChI=1S/C19H27ClN4O2/c1-4-16-14(17(5-2)26-24-16)13-23-19(21-6-3)22-11-12-25-18-10-8-7-9-15(18)20/h7-10H,4-6,11-13H2,1-3H3,(H2,21,22,23). The maximum atomic E-state index is 6.08. The Morgan fingerprint density at radius 2 is 2.00 bits per heavy atom. The van der Waals surface area contributed by atoms with Gasteiger partial charge in [0.2, 0.25) is 0 Å². The summed E-state index contributed by atoms with van der Waals surface area (Å²) in [6.45, 7) is 8.58. The van der Waals surface area contributed by atoms with Gasteiger partial charge in [0.15, 0.2) is 5.96 Å². The fourth-order valence-corrected chi connectivity index (χ4v) is 2.70. The molecule has 0 saturated heterocycles. The molecule has 0 radical (unpaired) electrons. The van der Waals surface area contributed by atoms with Crippen molar-refractivity contribution in [2.45, 2.75) is 40.2 Å². The summed E-state index contributed by atoms with van der Waals surface area (Å²) in [5.41, 5.74) is 2.06. The molecule has 0 amide bonds. The van der Waals surface area contributed by atoms with Gasteiger partial charge in [-0.3, -0.25) is 0 Å². The van der Waals surface area contributed by atoms with Gasteiger partial charge in [-0.25, -0.2) is 4.99 Å². The number of aromatic nitrogens is 1. The fraction of sp³-hybridized carbons (Fsp3) is 0.474. The Hall–Kier alpha value is -2.21. The molecule has 142 valence electrons. The van der Waals surface area contributed by atoms with E-state index in [9.17, 15) is 0 Å². The zero-order chi connectivity index (χ0) is 18.8. The molecule has 7 heteroatoms. The third-order valence-corrected chi connectivity index (χ3v) is 4.15. The molecule has 2 aromatic rings. The van der Waals surface area contributed by atoms with E-state index in [0.717, 1.165) is 42.4 Å². The van der Waals surface area contributed by atoms with Crippen molar-refractivity contribution in [3.05, 3.63) is 46.3 Å². The van der Waals surface area contributed by atoms with Gasteiger partial charge in [-0.2, -0.15) is 0 Å². The first-order chi connectivity index (χ1) is 12.7. The highest BCUT2D eigenvalue weighted by molar-refractivity contribution is 6.32. The first-order valence-electron chi connectivity index (χ1n) is 9.05. The van der Waals surface area contributed by atoms with E-state index in [4.69, 9.17) is 20.9 Å². The average molecular weight is 379 g/mol. The molecular formula is C19H27ClN4O2. The number of guanidine groups is 1. The van der Waals surface area contributed by atoms with Gasteiger partial charge in [0.25, 0.3) is 0 Å². The molecule has 0 aliphatic rings. The number of aliphatic imine (C=N–C) groups is 1. The number of halogens is 1. The maximum absolute atomic E-state index is 6.08. The lowest BCUT2D eigenvalue weighted by Crippen LogP contribution is -2.39. The van der Waals surface area contributed by atoms with Gasteiger partial charge in [-0.1, -0.05) is 42.7 Å². The van der Waals surface area contributed by atoms with E-state index >= 15 is 0 Å². The van der Waals surface area contributed by atoms with E-state index in [0.29, 0.717) is 30.5 Å². The van der Waals surface area contributed by atoms with Crippen LogP contribution < -0.4 is 15.4 Å². The van der Waals surface area contributed by atoms with Crippen LogP contribution in [0.3, 0.4) is 0 Å². The van der Waals surface area contributed by atoms with Crippen LogP contribution >= 0.6 is 11.6 Å². The van der Waals surface area contributed by atoms with E-state index in [1.165, 1.54) is 0 Å². The van der Waals surface area contributed by atoms with Gasteiger partial charge in [-0.15, -0.1) is 0 Å². The van der Waals surface area contributed by atoms with E-state index in [1.807, 2.05) is 31.2 Å². The SMILES string of the molecule is CCNC(=NCc1c(CC)noc1CC)NCCOc1ccccc1Cl. The van der Waals surface area contributed by atoms with Crippen LogP contribution in [0.5, 0.6) is 5.75 Å². The van der Waals surface area contributed by atoms with Gasteiger partial charge in [0, 0.05) is 18.5 Å². The minimum atomic E-state index is 0.488. The van der Waals surface area contributed by atoms with Crippen molar-refractivity contribution in [1.29, 1.82) is 0 Å². The lowest BCUT2D eigenvalue weighted by Gasteiger charge is -2.12. The Morgan fingerprint density at radius 1 is 1.19 bits per heavy atom. The summed E-state index contributed by atoms with van der Waals surface area (Å²) >= 11 is 6.08. The lowest BCUT2D eigenvalue weighted by molar-refractivity contribution is 0.322. The van der Waals surface area contributed by atoms with Crippen molar-refractivity contribution in [2.24, 2.45) is 4.99 Å². The molecule has 0 spiro atoms.